The normalized spacial score (nSPS) is 19.0. The van der Waals surface area contributed by atoms with Crippen LogP contribution in [-0.2, 0) is 24.2 Å². The van der Waals surface area contributed by atoms with Gasteiger partial charge in [0.15, 0.2) is 0 Å². The van der Waals surface area contributed by atoms with E-state index >= 15 is 0 Å². The van der Waals surface area contributed by atoms with E-state index in [1.54, 1.807) is 0 Å². The maximum Gasteiger partial charge on any atom is 0.140 e. The highest BCUT2D eigenvalue weighted by Gasteiger charge is 2.21. The molecule has 0 radical (unpaired) electrons. The molecule has 0 saturated carbocycles. The van der Waals surface area contributed by atoms with Crippen molar-refractivity contribution in [3.63, 3.8) is 0 Å². The molecule has 0 amide bonds. The molecule has 1 saturated heterocycles. The molecule has 1 unspecified atom stereocenters. The molecule has 1 aliphatic heterocycles. The van der Waals surface area contributed by atoms with Crippen LogP contribution in [-0.4, -0.2) is 28.2 Å². The third kappa shape index (κ3) is 3.45. The Morgan fingerprint density at radius 3 is 2.89 bits per heavy atom. The van der Waals surface area contributed by atoms with Crippen molar-refractivity contribution in [1.29, 1.82) is 0 Å². The summed E-state index contributed by atoms with van der Waals surface area (Å²) >= 11 is 3.59. The van der Waals surface area contributed by atoms with Gasteiger partial charge in [0.2, 0.25) is 0 Å². The van der Waals surface area contributed by atoms with E-state index in [1.165, 1.54) is 6.42 Å². The average Bonchev–Trinajstić information content (AvgIpc) is 2.99. The van der Waals surface area contributed by atoms with Gasteiger partial charge >= 0.3 is 0 Å². The van der Waals surface area contributed by atoms with Gasteiger partial charge in [-0.2, -0.15) is 5.10 Å². The Morgan fingerprint density at radius 1 is 1.53 bits per heavy atom. The fourth-order valence-electron chi connectivity index (χ4n) is 2.65. The molecule has 2 heterocycles. The van der Waals surface area contributed by atoms with Crippen molar-refractivity contribution in [2.75, 3.05) is 6.54 Å². The monoisotopic (exact) mass is 327 g/mol. The highest BCUT2D eigenvalue weighted by Crippen LogP contribution is 2.23. The number of carbonyl (C=O) groups is 1. The molecule has 1 N–H and O–H groups in total. The van der Waals surface area contributed by atoms with Gasteiger partial charge in [-0.15, -0.1) is 0 Å². The molecule has 5 heteroatoms. The third-order valence-electron chi connectivity index (χ3n) is 3.70. The topological polar surface area (TPSA) is 46.9 Å². The fraction of sp³-hybridized carbons (Fsp3) is 0.714. The van der Waals surface area contributed by atoms with Gasteiger partial charge < -0.3 is 5.32 Å². The number of halogens is 1. The standard InChI is InChI=1S/C14H22BrN3O/c1-3-12-14(15)13(18(4-2)17-12)9-11(19)8-10-6-5-7-16-10/h10,16H,3-9H2,1-2H3. The fourth-order valence-corrected chi connectivity index (χ4v) is 3.36. The molecule has 19 heavy (non-hydrogen) atoms. The van der Waals surface area contributed by atoms with Gasteiger partial charge in [0.05, 0.1) is 15.9 Å². The van der Waals surface area contributed by atoms with Crippen LogP contribution in [0, 0.1) is 0 Å². The van der Waals surface area contributed by atoms with Crippen molar-refractivity contribution in [3.05, 3.63) is 15.9 Å². The lowest BCUT2D eigenvalue weighted by molar-refractivity contribution is -0.118. The summed E-state index contributed by atoms with van der Waals surface area (Å²) in [4.78, 5) is 12.2. The molecule has 4 nitrogen and oxygen atoms in total. The molecule has 1 aliphatic rings. The highest BCUT2D eigenvalue weighted by atomic mass is 79.9. The summed E-state index contributed by atoms with van der Waals surface area (Å²) in [5.74, 6) is 0.303. The van der Waals surface area contributed by atoms with E-state index < -0.39 is 0 Å². The van der Waals surface area contributed by atoms with E-state index in [9.17, 15) is 4.79 Å². The molecule has 1 aromatic heterocycles. The Balaban J connectivity index is 2.04. The number of aromatic nitrogens is 2. The van der Waals surface area contributed by atoms with Crippen LogP contribution in [0.15, 0.2) is 4.47 Å². The summed E-state index contributed by atoms with van der Waals surface area (Å²) in [6.45, 7) is 6.00. The minimum atomic E-state index is 0.303. The first-order chi connectivity index (χ1) is 9.15. The van der Waals surface area contributed by atoms with Crippen LogP contribution in [0.1, 0.15) is 44.5 Å². The van der Waals surface area contributed by atoms with Crippen LogP contribution in [0.2, 0.25) is 0 Å². The maximum absolute atomic E-state index is 12.2. The Morgan fingerprint density at radius 2 is 2.32 bits per heavy atom. The van der Waals surface area contributed by atoms with Crippen molar-refractivity contribution in [1.82, 2.24) is 15.1 Å². The van der Waals surface area contributed by atoms with Gasteiger partial charge in [-0.25, -0.2) is 0 Å². The summed E-state index contributed by atoms with van der Waals surface area (Å²) in [6.07, 6.45) is 4.33. The van der Waals surface area contributed by atoms with Crippen molar-refractivity contribution in [2.45, 2.75) is 58.5 Å². The highest BCUT2D eigenvalue weighted by molar-refractivity contribution is 9.10. The number of nitrogens with zero attached hydrogens (tertiary/aromatic N) is 2. The van der Waals surface area contributed by atoms with E-state index in [0.29, 0.717) is 24.7 Å². The summed E-state index contributed by atoms with van der Waals surface area (Å²) in [5.41, 5.74) is 2.07. The first-order valence-electron chi connectivity index (χ1n) is 7.14. The molecule has 1 aromatic rings. The van der Waals surface area contributed by atoms with Gasteiger partial charge in [0.25, 0.3) is 0 Å². The van der Waals surface area contributed by atoms with Gasteiger partial charge in [-0.05, 0) is 48.7 Å². The molecular weight excluding hydrogens is 306 g/mol. The van der Waals surface area contributed by atoms with Crippen LogP contribution in [0.25, 0.3) is 0 Å². The predicted molar refractivity (Wildman–Crippen MR) is 79.3 cm³/mol. The van der Waals surface area contributed by atoms with E-state index in [2.05, 4.69) is 40.2 Å². The lowest BCUT2D eigenvalue weighted by Gasteiger charge is -2.09. The van der Waals surface area contributed by atoms with Crippen LogP contribution < -0.4 is 5.32 Å². The number of rotatable bonds is 6. The van der Waals surface area contributed by atoms with Gasteiger partial charge in [-0.3, -0.25) is 9.48 Å². The molecule has 1 fully saturated rings. The molecule has 0 aromatic carbocycles. The Labute approximate surface area is 123 Å². The summed E-state index contributed by atoms with van der Waals surface area (Å²) in [7, 11) is 0. The summed E-state index contributed by atoms with van der Waals surface area (Å²) in [5, 5.41) is 7.91. The van der Waals surface area contributed by atoms with Gasteiger partial charge in [0.1, 0.15) is 5.78 Å². The van der Waals surface area contributed by atoms with Crippen molar-refractivity contribution in [2.24, 2.45) is 0 Å². The number of hydrogen-bond donors (Lipinski definition) is 1. The largest absolute Gasteiger partial charge is 0.314 e. The van der Waals surface area contributed by atoms with Crippen LogP contribution in [0.5, 0.6) is 0 Å². The van der Waals surface area contributed by atoms with Gasteiger partial charge in [0, 0.05) is 25.4 Å². The smallest absolute Gasteiger partial charge is 0.140 e. The molecule has 0 aliphatic carbocycles. The number of aryl methyl sites for hydroxylation is 2. The Bertz CT molecular complexity index is 450. The first-order valence-corrected chi connectivity index (χ1v) is 7.94. The second kappa shape index (κ2) is 6.66. The van der Waals surface area contributed by atoms with Crippen LogP contribution in [0.4, 0.5) is 0 Å². The lowest BCUT2D eigenvalue weighted by Crippen LogP contribution is -2.25. The van der Waals surface area contributed by atoms with Crippen LogP contribution >= 0.6 is 15.9 Å². The van der Waals surface area contributed by atoms with E-state index in [1.807, 2.05) is 4.68 Å². The van der Waals surface area contributed by atoms with E-state index in [-0.39, 0.29) is 0 Å². The molecule has 106 valence electrons. The predicted octanol–water partition coefficient (Wildman–Crippen LogP) is 2.48. The van der Waals surface area contributed by atoms with Crippen LogP contribution in [0.3, 0.4) is 0 Å². The molecular formula is C14H22BrN3O. The number of ketones is 1. The molecule has 0 bridgehead atoms. The average molecular weight is 328 g/mol. The zero-order chi connectivity index (χ0) is 13.8. The SMILES string of the molecule is CCc1nn(CC)c(CC(=O)CC2CCCN2)c1Br. The minimum Gasteiger partial charge on any atom is -0.314 e. The Kier molecular flexibility index (Phi) is 5.16. The molecule has 2 rings (SSSR count). The second-order valence-corrected chi connectivity index (χ2v) is 5.88. The van der Waals surface area contributed by atoms with Crippen molar-refractivity contribution < 1.29 is 4.79 Å². The summed E-state index contributed by atoms with van der Waals surface area (Å²) < 4.78 is 2.97. The minimum absolute atomic E-state index is 0.303. The number of carbonyl (C=O) groups excluding carboxylic acids is 1. The van der Waals surface area contributed by atoms with E-state index in [0.717, 1.165) is 41.8 Å². The number of nitrogens with one attached hydrogen (secondary N) is 1. The molecule has 1 atom stereocenters. The molecule has 0 spiro atoms. The van der Waals surface area contributed by atoms with Gasteiger partial charge in [-0.1, -0.05) is 6.92 Å². The quantitative estimate of drug-likeness (QED) is 0.873. The number of hydrogen-bond acceptors (Lipinski definition) is 3. The summed E-state index contributed by atoms with van der Waals surface area (Å²) in [6, 6.07) is 0.384. The Hall–Kier alpha value is -0.680. The zero-order valence-electron chi connectivity index (χ0n) is 11.7. The van der Waals surface area contributed by atoms with E-state index in [4.69, 9.17) is 0 Å². The first kappa shape index (κ1) is 14.7. The second-order valence-electron chi connectivity index (χ2n) is 5.09. The number of Topliss-reactive ketones (excluding diaryl/α,β-unsaturated/α-hetero) is 1. The lowest BCUT2D eigenvalue weighted by atomic mass is 10.1. The third-order valence-corrected chi connectivity index (χ3v) is 4.61. The van der Waals surface area contributed by atoms with Crippen molar-refractivity contribution >= 4 is 21.7 Å². The zero-order valence-corrected chi connectivity index (χ0v) is 13.3. The van der Waals surface area contributed by atoms with Crippen molar-refractivity contribution in [3.8, 4) is 0 Å². The maximum atomic E-state index is 12.2.